The minimum absolute atomic E-state index is 0.0477. The first kappa shape index (κ1) is 13.1. The fraction of sp³-hybridized carbons (Fsp3) is 0. The van der Waals surface area contributed by atoms with Crippen LogP contribution in [0.1, 0.15) is 10.4 Å². The molecule has 0 aliphatic heterocycles. The van der Waals surface area contributed by atoms with E-state index in [9.17, 15) is 9.90 Å². The fourth-order valence-corrected chi connectivity index (χ4v) is 2.34. The molecule has 2 aromatic rings. The molecule has 0 aliphatic rings. The number of benzene rings is 1. The van der Waals surface area contributed by atoms with Crippen LogP contribution in [0, 0.1) is 3.57 Å². The van der Waals surface area contributed by atoms with Crippen LogP contribution in [-0.2, 0) is 0 Å². The Morgan fingerprint density at radius 2 is 2.11 bits per heavy atom. The molecule has 2 N–H and O–H groups in total. The number of aromatic nitrogens is 1. The second-order valence-corrected chi connectivity index (χ2v) is 5.11. The summed E-state index contributed by atoms with van der Waals surface area (Å²) >= 11 is 7.91. The van der Waals surface area contributed by atoms with Crippen LogP contribution in [0.4, 0.5) is 5.69 Å². The first-order valence-corrected chi connectivity index (χ1v) is 6.42. The van der Waals surface area contributed by atoms with Crippen molar-refractivity contribution in [2.45, 2.75) is 0 Å². The Morgan fingerprint density at radius 3 is 2.78 bits per heavy atom. The summed E-state index contributed by atoms with van der Waals surface area (Å²) in [5.41, 5.74) is 0.953. The van der Waals surface area contributed by atoms with E-state index in [1.807, 2.05) is 0 Å². The van der Waals surface area contributed by atoms with Gasteiger partial charge in [-0.15, -0.1) is 0 Å². The van der Waals surface area contributed by atoms with Crippen molar-refractivity contribution in [3.63, 3.8) is 0 Å². The summed E-state index contributed by atoms with van der Waals surface area (Å²) in [5.74, 6) is -0.382. The SMILES string of the molecule is O=C(Nc1ccc(Cl)cc1I)c1cncc(O)c1. The number of aromatic hydroxyl groups is 1. The van der Waals surface area contributed by atoms with E-state index in [4.69, 9.17) is 11.6 Å². The normalized spacial score (nSPS) is 10.1. The van der Waals surface area contributed by atoms with Gasteiger partial charge in [0, 0.05) is 14.8 Å². The standard InChI is InChI=1S/C12H8ClIN2O2/c13-8-1-2-11(10(14)4-8)16-12(18)7-3-9(17)6-15-5-7/h1-6,17H,(H,16,18). The van der Waals surface area contributed by atoms with Crippen molar-refractivity contribution in [3.05, 3.63) is 50.8 Å². The van der Waals surface area contributed by atoms with Gasteiger partial charge >= 0.3 is 0 Å². The molecule has 0 spiro atoms. The number of nitrogens with zero attached hydrogens (tertiary/aromatic N) is 1. The van der Waals surface area contributed by atoms with Crippen LogP contribution in [-0.4, -0.2) is 16.0 Å². The van der Waals surface area contributed by atoms with Crippen LogP contribution >= 0.6 is 34.2 Å². The highest BCUT2D eigenvalue weighted by Crippen LogP contribution is 2.23. The molecule has 0 radical (unpaired) electrons. The molecule has 6 heteroatoms. The van der Waals surface area contributed by atoms with E-state index in [1.54, 1.807) is 18.2 Å². The minimum Gasteiger partial charge on any atom is -0.506 e. The fourth-order valence-electron chi connectivity index (χ4n) is 1.34. The van der Waals surface area contributed by atoms with Crippen LogP contribution in [0.25, 0.3) is 0 Å². The third-order valence-corrected chi connectivity index (χ3v) is 3.29. The van der Waals surface area contributed by atoms with Gasteiger partial charge in [0.1, 0.15) is 5.75 Å². The van der Waals surface area contributed by atoms with E-state index in [2.05, 4.69) is 32.9 Å². The van der Waals surface area contributed by atoms with Gasteiger partial charge in [-0.1, -0.05) is 11.6 Å². The summed E-state index contributed by atoms with van der Waals surface area (Å²) < 4.78 is 0.835. The second kappa shape index (κ2) is 5.53. The molecule has 0 saturated heterocycles. The zero-order chi connectivity index (χ0) is 13.1. The van der Waals surface area contributed by atoms with Crippen molar-refractivity contribution in [2.24, 2.45) is 0 Å². The maximum Gasteiger partial charge on any atom is 0.257 e. The molecular formula is C12H8ClIN2O2. The average Bonchev–Trinajstić information content (AvgIpc) is 2.32. The molecule has 4 nitrogen and oxygen atoms in total. The molecule has 1 aromatic heterocycles. The van der Waals surface area contributed by atoms with Crippen molar-refractivity contribution in [1.82, 2.24) is 4.98 Å². The van der Waals surface area contributed by atoms with Crippen LogP contribution in [0.5, 0.6) is 5.75 Å². The Kier molecular flexibility index (Phi) is 4.03. The number of hydrogen-bond acceptors (Lipinski definition) is 3. The smallest absolute Gasteiger partial charge is 0.257 e. The highest BCUT2D eigenvalue weighted by atomic mass is 127. The molecule has 0 bridgehead atoms. The van der Waals surface area contributed by atoms with Crippen molar-refractivity contribution in [2.75, 3.05) is 5.32 Å². The highest BCUT2D eigenvalue weighted by Gasteiger charge is 2.09. The van der Waals surface area contributed by atoms with Gasteiger partial charge in [0.15, 0.2) is 0 Å². The Labute approximate surface area is 122 Å². The molecule has 2 rings (SSSR count). The largest absolute Gasteiger partial charge is 0.506 e. The maximum absolute atomic E-state index is 11.9. The Hall–Kier alpha value is -1.34. The van der Waals surface area contributed by atoms with Gasteiger partial charge in [0.25, 0.3) is 5.91 Å². The Morgan fingerprint density at radius 1 is 1.33 bits per heavy atom. The Balaban J connectivity index is 2.21. The lowest BCUT2D eigenvalue weighted by Gasteiger charge is -2.07. The van der Waals surface area contributed by atoms with Crippen molar-refractivity contribution < 1.29 is 9.90 Å². The molecular weight excluding hydrogens is 367 g/mol. The lowest BCUT2D eigenvalue weighted by atomic mass is 10.2. The molecule has 0 atom stereocenters. The number of nitrogens with one attached hydrogen (secondary N) is 1. The van der Waals surface area contributed by atoms with Crippen LogP contribution < -0.4 is 5.32 Å². The molecule has 0 saturated carbocycles. The predicted octanol–water partition coefficient (Wildman–Crippen LogP) is 3.30. The Bertz CT molecular complexity index is 604. The van der Waals surface area contributed by atoms with Gasteiger partial charge in [-0.05, 0) is 46.9 Å². The number of carbonyl (C=O) groups excluding carboxylic acids is 1. The van der Waals surface area contributed by atoms with Crippen LogP contribution in [0.15, 0.2) is 36.7 Å². The van der Waals surface area contributed by atoms with Gasteiger partial charge in [-0.25, -0.2) is 0 Å². The molecule has 18 heavy (non-hydrogen) atoms. The minimum atomic E-state index is -0.335. The first-order chi connectivity index (χ1) is 8.56. The average molecular weight is 375 g/mol. The first-order valence-electron chi connectivity index (χ1n) is 4.96. The predicted molar refractivity (Wildman–Crippen MR) is 78.0 cm³/mol. The van der Waals surface area contributed by atoms with Gasteiger partial charge < -0.3 is 10.4 Å². The van der Waals surface area contributed by atoms with E-state index in [1.165, 1.54) is 18.5 Å². The van der Waals surface area contributed by atoms with Gasteiger partial charge in [-0.3, -0.25) is 9.78 Å². The van der Waals surface area contributed by atoms with Crippen molar-refractivity contribution in [3.8, 4) is 5.75 Å². The summed E-state index contributed by atoms with van der Waals surface area (Å²) in [5, 5.41) is 12.6. The second-order valence-electron chi connectivity index (χ2n) is 3.51. The number of hydrogen-bond donors (Lipinski definition) is 2. The van der Waals surface area contributed by atoms with Crippen molar-refractivity contribution >= 4 is 45.8 Å². The van der Waals surface area contributed by atoms with Crippen LogP contribution in [0.3, 0.4) is 0 Å². The van der Waals surface area contributed by atoms with Gasteiger partial charge in [0.05, 0.1) is 17.4 Å². The monoisotopic (exact) mass is 374 g/mol. The van der Waals surface area contributed by atoms with E-state index in [0.717, 1.165) is 3.57 Å². The summed E-state index contributed by atoms with van der Waals surface area (Å²) in [4.78, 5) is 15.7. The number of halogens is 2. The van der Waals surface area contributed by atoms with E-state index in [0.29, 0.717) is 16.3 Å². The molecule has 0 fully saturated rings. The summed E-state index contributed by atoms with van der Waals surface area (Å²) in [6.07, 6.45) is 2.65. The van der Waals surface area contributed by atoms with Crippen LogP contribution in [0.2, 0.25) is 5.02 Å². The zero-order valence-electron chi connectivity index (χ0n) is 9.02. The lowest BCUT2D eigenvalue weighted by Crippen LogP contribution is -2.12. The molecule has 0 aliphatic carbocycles. The highest BCUT2D eigenvalue weighted by molar-refractivity contribution is 14.1. The summed E-state index contributed by atoms with van der Waals surface area (Å²) in [6.45, 7) is 0. The van der Waals surface area contributed by atoms with E-state index in [-0.39, 0.29) is 11.7 Å². The quantitative estimate of drug-likeness (QED) is 0.793. The van der Waals surface area contributed by atoms with E-state index < -0.39 is 0 Å². The number of pyridine rings is 1. The third-order valence-electron chi connectivity index (χ3n) is 2.17. The number of anilines is 1. The molecule has 1 amide bonds. The number of amides is 1. The van der Waals surface area contributed by atoms with E-state index >= 15 is 0 Å². The van der Waals surface area contributed by atoms with Gasteiger partial charge in [0.2, 0.25) is 0 Å². The summed E-state index contributed by atoms with van der Waals surface area (Å²) in [6, 6.07) is 6.52. The molecule has 1 heterocycles. The third kappa shape index (κ3) is 3.11. The molecule has 0 unspecified atom stereocenters. The zero-order valence-corrected chi connectivity index (χ0v) is 11.9. The van der Waals surface area contributed by atoms with Crippen molar-refractivity contribution in [1.29, 1.82) is 0 Å². The topological polar surface area (TPSA) is 62.2 Å². The lowest BCUT2D eigenvalue weighted by molar-refractivity contribution is 0.102. The number of carbonyl (C=O) groups is 1. The molecule has 92 valence electrons. The maximum atomic E-state index is 11.9. The number of rotatable bonds is 2. The summed E-state index contributed by atoms with van der Waals surface area (Å²) in [7, 11) is 0. The molecule has 1 aromatic carbocycles. The van der Waals surface area contributed by atoms with Gasteiger partial charge in [-0.2, -0.15) is 0 Å².